The predicted molar refractivity (Wildman–Crippen MR) is 111 cm³/mol. The number of carboxylic acids is 1. The first-order valence-electron chi connectivity index (χ1n) is 9.81. The summed E-state index contributed by atoms with van der Waals surface area (Å²) in [6, 6.07) is 3.21. The Morgan fingerprint density at radius 1 is 1.04 bits per heavy atom. The second-order valence-electron chi connectivity index (χ2n) is 6.71. The van der Waals surface area contributed by atoms with Gasteiger partial charge in [0.05, 0.1) is 10.7 Å². The molecule has 0 saturated carbocycles. The molecule has 0 atom stereocenters. The molecule has 144 valence electrons. The van der Waals surface area contributed by atoms with Crippen LogP contribution in [0.15, 0.2) is 12.1 Å². The molecule has 2 rings (SSSR count). The minimum atomic E-state index is -1.17. The third-order valence-electron chi connectivity index (χ3n) is 4.55. The number of fused-ring (bicyclic) bond motifs is 1. The quantitative estimate of drug-likeness (QED) is 0.434. The fourth-order valence-electron chi connectivity index (χ4n) is 2.85. The molecule has 0 bridgehead atoms. The Morgan fingerprint density at radius 3 is 2.04 bits per heavy atom. The van der Waals surface area contributed by atoms with Crippen LogP contribution in [-0.4, -0.2) is 35.3 Å². The summed E-state index contributed by atoms with van der Waals surface area (Å²) in [6.07, 6.45) is 8.85. The zero-order valence-corrected chi connectivity index (χ0v) is 20.3. The second-order valence-corrected chi connectivity index (χ2v) is 16.1. The molecule has 6 heteroatoms. The fraction of sp³-hybridized carbons (Fsp3) is 0.650. The second kappa shape index (κ2) is 13.5. The summed E-state index contributed by atoms with van der Waals surface area (Å²) < 4.78 is 9.67. The number of aromatic nitrogens is 2. The molecule has 0 aliphatic rings. The normalized spacial score (nSPS) is 10.5. The molecule has 0 spiro atoms. The van der Waals surface area contributed by atoms with Crippen LogP contribution >= 0.6 is 11.5 Å². The number of rotatable bonds is 10. The van der Waals surface area contributed by atoms with Gasteiger partial charge in [0.25, 0.3) is 0 Å². The van der Waals surface area contributed by atoms with Gasteiger partial charge in [-0.1, -0.05) is 10.6 Å². The first-order valence-corrected chi connectivity index (χ1v) is 16.6. The summed E-state index contributed by atoms with van der Waals surface area (Å²) in [7, 11) is 0. The molecule has 1 heterocycles. The van der Waals surface area contributed by atoms with Crippen LogP contribution in [0.5, 0.6) is 0 Å². The zero-order valence-electron chi connectivity index (χ0n) is 16.6. The summed E-state index contributed by atoms with van der Waals surface area (Å²) in [5, 5.41) is 14.5. The summed E-state index contributed by atoms with van der Waals surface area (Å²) >= 11 is 0.408. The maximum Gasteiger partial charge on any atom is 0.109 e. The molecule has 1 aromatic carbocycles. The molecular weight excluding hydrogens is 451 g/mol. The van der Waals surface area contributed by atoms with Crippen LogP contribution in [0.1, 0.15) is 75.2 Å². The van der Waals surface area contributed by atoms with Crippen LogP contribution in [-0.2, 0) is 0 Å². The van der Waals surface area contributed by atoms with Crippen molar-refractivity contribution in [3.63, 3.8) is 0 Å². The van der Waals surface area contributed by atoms with E-state index in [1.165, 1.54) is 56.1 Å². The molecule has 26 heavy (non-hydrogen) atoms. The van der Waals surface area contributed by atoms with E-state index in [2.05, 4.69) is 30.4 Å². The Morgan fingerprint density at radius 2 is 1.58 bits per heavy atom. The number of hydrogen-bond donors (Lipinski definition) is 0. The fourth-order valence-corrected chi connectivity index (χ4v) is 12.9. The van der Waals surface area contributed by atoms with Gasteiger partial charge in [0.15, 0.2) is 0 Å². The van der Waals surface area contributed by atoms with Gasteiger partial charge < -0.3 is 9.90 Å². The average Bonchev–Trinajstić information content (AvgIpc) is 3.11. The maximum atomic E-state index is 10.6. The number of carbonyl (C=O) groups is 1. The molecule has 0 amide bonds. The van der Waals surface area contributed by atoms with E-state index >= 15 is 0 Å². The van der Waals surface area contributed by atoms with Crippen molar-refractivity contribution in [1.29, 1.82) is 0 Å². The number of hydrogen-bond acceptors (Lipinski definition) is 5. The van der Waals surface area contributed by atoms with Gasteiger partial charge in [0.2, 0.25) is 0 Å². The van der Waals surface area contributed by atoms with Gasteiger partial charge in [-0.2, -0.15) is 0 Å². The van der Waals surface area contributed by atoms with Gasteiger partial charge >= 0.3 is 92.4 Å². The van der Waals surface area contributed by atoms with E-state index in [-0.39, 0.29) is 5.56 Å². The van der Waals surface area contributed by atoms with Crippen molar-refractivity contribution in [3.05, 3.63) is 23.3 Å². The summed E-state index contributed by atoms with van der Waals surface area (Å²) in [5.74, 6) is -1.17. The van der Waals surface area contributed by atoms with Crippen LogP contribution in [0.2, 0.25) is 13.3 Å². The first kappa shape index (κ1) is 23.3. The van der Waals surface area contributed by atoms with Gasteiger partial charge in [-0.15, -0.1) is 5.10 Å². The standard InChI is InChI=1S/C8H6N2O2S.3C4H9.Sn/c1-4-5(8(11)12)2-3-6-7(4)9-10-13-6;3*1-3-4-2;/h2-3H,1H3,(H,11,12);3*1,3-4H2,2H3;/q;;;;+1/p-1. The van der Waals surface area contributed by atoms with E-state index in [4.69, 9.17) is 0 Å². The Kier molecular flexibility index (Phi) is 12.1. The van der Waals surface area contributed by atoms with Crippen molar-refractivity contribution >= 4 is 47.5 Å². The SMILES string of the molecule is CCC[CH2][Sn+]([CH2]CCC)[CH2]CCC.Cc1c(C(=O)[O-])ccc2snnc12. The Labute approximate surface area is 169 Å². The third kappa shape index (κ3) is 7.90. The molecule has 2 aromatic rings. The largest absolute Gasteiger partial charge is 0.545 e. The van der Waals surface area contributed by atoms with Crippen molar-refractivity contribution in [1.82, 2.24) is 9.59 Å². The topological polar surface area (TPSA) is 65.9 Å². The Balaban J connectivity index is 0.000000260. The number of aromatic carboxylic acids is 1. The van der Waals surface area contributed by atoms with Crippen LogP contribution in [0, 0.1) is 6.92 Å². The van der Waals surface area contributed by atoms with Crippen LogP contribution in [0.4, 0.5) is 0 Å². The van der Waals surface area contributed by atoms with Gasteiger partial charge in [-0.05, 0) is 30.1 Å². The van der Waals surface area contributed by atoms with Crippen LogP contribution < -0.4 is 5.11 Å². The number of unbranched alkanes of at least 4 members (excludes halogenated alkanes) is 3. The first-order chi connectivity index (χ1) is 12.5. The van der Waals surface area contributed by atoms with Crippen molar-refractivity contribution < 1.29 is 9.90 Å². The van der Waals surface area contributed by atoms with Gasteiger partial charge in [0, 0.05) is 5.56 Å². The number of carboxylic acid groups (broad SMARTS) is 1. The average molecular weight is 483 g/mol. The van der Waals surface area contributed by atoms with E-state index in [1.54, 1.807) is 26.3 Å². The minimum absolute atomic E-state index is 0.181. The van der Waals surface area contributed by atoms with E-state index in [1.807, 2.05) is 0 Å². The minimum Gasteiger partial charge on any atom is -0.545 e. The van der Waals surface area contributed by atoms with Crippen molar-refractivity contribution in [2.75, 3.05) is 0 Å². The summed E-state index contributed by atoms with van der Waals surface area (Å²) in [4.78, 5) is 10.6. The zero-order chi connectivity index (χ0) is 19.4. The molecule has 0 saturated heterocycles. The van der Waals surface area contributed by atoms with Gasteiger partial charge in [-0.25, -0.2) is 0 Å². The molecule has 0 aliphatic heterocycles. The van der Waals surface area contributed by atoms with E-state index in [0.717, 1.165) is 4.70 Å². The number of benzene rings is 1. The predicted octanol–water partition coefficient (Wildman–Crippen LogP) is 5.24. The molecule has 0 radical (unpaired) electrons. The van der Waals surface area contributed by atoms with Crippen LogP contribution in [0.3, 0.4) is 0 Å². The maximum absolute atomic E-state index is 10.6. The number of aryl methyl sites for hydroxylation is 1. The summed E-state index contributed by atoms with van der Waals surface area (Å²) in [5.41, 5.74) is 1.44. The van der Waals surface area contributed by atoms with Crippen molar-refractivity contribution in [3.8, 4) is 0 Å². The van der Waals surface area contributed by atoms with Crippen molar-refractivity contribution in [2.24, 2.45) is 0 Å². The van der Waals surface area contributed by atoms with E-state index < -0.39 is 25.7 Å². The van der Waals surface area contributed by atoms with Crippen LogP contribution in [0.25, 0.3) is 10.2 Å². The third-order valence-corrected chi connectivity index (χ3v) is 14.3. The number of nitrogens with zero attached hydrogens (tertiary/aromatic N) is 2. The number of carbonyl (C=O) groups excluding carboxylic acids is 1. The molecule has 0 fully saturated rings. The smallest absolute Gasteiger partial charge is 0.109 e. The molecule has 0 unspecified atom stereocenters. The molecular formula is C20H32N2O2SSn. The summed E-state index contributed by atoms with van der Waals surface area (Å²) in [6.45, 7) is 8.70. The Bertz CT molecular complexity index is 641. The monoisotopic (exact) mass is 484 g/mol. The molecule has 0 N–H and O–H groups in total. The Hall–Kier alpha value is -0.691. The van der Waals surface area contributed by atoms with Gasteiger partial charge in [0.1, 0.15) is 5.52 Å². The molecule has 4 nitrogen and oxygen atoms in total. The van der Waals surface area contributed by atoms with E-state index in [0.29, 0.717) is 11.1 Å². The molecule has 1 aromatic heterocycles. The molecule has 0 aliphatic carbocycles. The van der Waals surface area contributed by atoms with Gasteiger partial charge in [-0.3, -0.25) is 0 Å². The van der Waals surface area contributed by atoms with E-state index in [9.17, 15) is 9.90 Å². The van der Waals surface area contributed by atoms with Crippen molar-refractivity contribution in [2.45, 2.75) is 79.5 Å².